The lowest BCUT2D eigenvalue weighted by atomic mass is 9.96. The molecule has 0 aliphatic carbocycles. The molecule has 0 bridgehead atoms. The maximum absolute atomic E-state index is 12.6. The summed E-state index contributed by atoms with van der Waals surface area (Å²) in [5.41, 5.74) is 3.45. The number of para-hydroxylation sites is 1. The van der Waals surface area contributed by atoms with E-state index in [1.165, 1.54) is 18.2 Å². The van der Waals surface area contributed by atoms with Gasteiger partial charge in [0.05, 0.1) is 13.2 Å². The highest BCUT2D eigenvalue weighted by molar-refractivity contribution is 6.30. The summed E-state index contributed by atoms with van der Waals surface area (Å²) in [4.78, 5) is 29.4. The van der Waals surface area contributed by atoms with E-state index in [0.29, 0.717) is 42.2 Å². The van der Waals surface area contributed by atoms with Gasteiger partial charge >= 0.3 is 12.1 Å². The average molecular weight is 652 g/mol. The molecule has 47 heavy (non-hydrogen) atoms. The molecule has 0 saturated carbocycles. The Hall–Kier alpha value is -4.81. The van der Waals surface area contributed by atoms with Crippen molar-refractivity contribution in [2.75, 3.05) is 53.0 Å². The van der Waals surface area contributed by atoms with Gasteiger partial charge in [-0.25, -0.2) is 9.59 Å². The van der Waals surface area contributed by atoms with E-state index in [1.54, 1.807) is 36.4 Å². The minimum absolute atomic E-state index is 0.156. The Morgan fingerprint density at radius 3 is 2.26 bits per heavy atom. The molecule has 1 saturated heterocycles. The molecule has 0 spiro atoms. The molecular weight excluding hydrogens is 614 g/mol. The zero-order chi connectivity index (χ0) is 32.8. The molecule has 8 nitrogen and oxygen atoms in total. The van der Waals surface area contributed by atoms with Crippen LogP contribution in [0.3, 0.4) is 0 Å². The van der Waals surface area contributed by atoms with Gasteiger partial charge in [0.1, 0.15) is 23.7 Å². The average Bonchev–Trinajstić information content (AvgIpc) is 3.10. The second-order valence-corrected chi connectivity index (χ2v) is 11.4. The van der Waals surface area contributed by atoms with Gasteiger partial charge in [-0.3, -0.25) is 9.80 Å². The minimum atomic E-state index is -0.538. The van der Waals surface area contributed by atoms with Crippen molar-refractivity contribution in [1.29, 1.82) is 0 Å². The quantitative estimate of drug-likeness (QED) is 0.114. The highest BCUT2D eigenvalue weighted by Crippen LogP contribution is 2.30. The van der Waals surface area contributed by atoms with Gasteiger partial charge in [0.25, 0.3) is 0 Å². The van der Waals surface area contributed by atoms with Gasteiger partial charge in [-0.2, -0.15) is 0 Å². The lowest BCUT2D eigenvalue weighted by molar-refractivity contribution is 0.0594. The molecule has 0 unspecified atom stereocenters. The third-order valence-electron chi connectivity index (χ3n) is 7.83. The van der Waals surface area contributed by atoms with Crippen LogP contribution < -0.4 is 14.8 Å². The van der Waals surface area contributed by atoms with Crippen molar-refractivity contribution in [2.45, 2.75) is 12.5 Å². The third kappa shape index (κ3) is 9.84. The topological polar surface area (TPSA) is 80.3 Å². The Morgan fingerprint density at radius 1 is 0.872 bits per heavy atom. The molecular formula is C38H38ClN3O5. The maximum Gasteiger partial charge on any atom is 0.412 e. The van der Waals surface area contributed by atoms with Crippen LogP contribution in [-0.2, 0) is 4.74 Å². The molecule has 242 valence electrons. The van der Waals surface area contributed by atoms with E-state index in [4.69, 9.17) is 25.8 Å². The number of benzene rings is 4. The summed E-state index contributed by atoms with van der Waals surface area (Å²) >= 11 is 6.18. The molecule has 0 aromatic heterocycles. The van der Waals surface area contributed by atoms with E-state index < -0.39 is 12.1 Å². The van der Waals surface area contributed by atoms with Crippen LogP contribution in [0, 0.1) is 11.8 Å². The number of nitrogens with zero attached hydrogens (tertiary/aromatic N) is 2. The molecule has 1 aliphatic heterocycles. The fraction of sp³-hybridized carbons (Fsp3) is 0.263. The van der Waals surface area contributed by atoms with Crippen molar-refractivity contribution in [1.82, 2.24) is 15.1 Å². The zero-order valence-electron chi connectivity index (χ0n) is 26.4. The summed E-state index contributed by atoms with van der Waals surface area (Å²) < 4.78 is 16.3. The van der Waals surface area contributed by atoms with E-state index in [1.807, 2.05) is 30.3 Å². The SMILES string of the molecule is COC(=O)c1cc(C#CCCNC(=O)Oc2ccccc2)ccc1OCCN1CCN([C@H](c2ccccc2)c2ccc(Cl)cc2)CC1. The van der Waals surface area contributed by atoms with Gasteiger partial charge in [-0.1, -0.05) is 84.1 Å². The number of rotatable bonds is 11. The smallest absolute Gasteiger partial charge is 0.412 e. The first kappa shape index (κ1) is 33.6. The van der Waals surface area contributed by atoms with Crippen LogP contribution in [0.4, 0.5) is 4.79 Å². The maximum atomic E-state index is 12.6. The molecule has 9 heteroatoms. The standard InChI is InChI=1S/C38H38ClN3O5/c1-45-37(43)34-28-29(10-8-9-21-40-38(44)47-33-13-6-3-7-14-33)15-20-35(34)46-27-26-41-22-24-42(25-23-41)36(30-11-4-2-5-12-30)31-16-18-32(39)19-17-31/h2-7,11-20,28,36H,9,21-27H2,1H3,(H,40,44)/t36-/m1/s1. The molecule has 1 fully saturated rings. The molecule has 1 aliphatic rings. The number of methoxy groups -OCH3 is 1. The van der Waals surface area contributed by atoms with Gasteiger partial charge in [-0.15, -0.1) is 0 Å². The number of hydrogen-bond donors (Lipinski definition) is 1. The Bertz CT molecular complexity index is 1660. The van der Waals surface area contributed by atoms with Crippen LogP contribution in [0.15, 0.2) is 103 Å². The fourth-order valence-corrected chi connectivity index (χ4v) is 5.58. The summed E-state index contributed by atoms with van der Waals surface area (Å²) in [6.07, 6.45) is -0.127. The highest BCUT2D eigenvalue weighted by atomic mass is 35.5. The van der Waals surface area contributed by atoms with E-state index in [-0.39, 0.29) is 6.04 Å². The number of esters is 1. The Balaban J connectivity index is 1.11. The van der Waals surface area contributed by atoms with Crippen molar-refractivity contribution >= 4 is 23.7 Å². The first-order chi connectivity index (χ1) is 23.0. The fourth-order valence-electron chi connectivity index (χ4n) is 5.45. The number of nitrogens with one attached hydrogen (secondary N) is 1. The van der Waals surface area contributed by atoms with E-state index in [0.717, 1.165) is 37.7 Å². The molecule has 1 amide bonds. The lowest BCUT2D eigenvalue weighted by Crippen LogP contribution is -2.48. The molecule has 5 rings (SSSR count). The van der Waals surface area contributed by atoms with Crippen LogP contribution in [0.2, 0.25) is 5.02 Å². The van der Waals surface area contributed by atoms with Gasteiger partial charge in [0.15, 0.2) is 0 Å². The van der Waals surface area contributed by atoms with Gasteiger partial charge < -0.3 is 19.5 Å². The number of ether oxygens (including phenoxy) is 3. The number of hydrogen-bond acceptors (Lipinski definition) is 7. The predicted molar refractivity (Wildman–Crippen MR) is 183 cm³/mol. The first-order valence-corrected chi connectivity index (χ1v) is 16.0. The summed E-state index contributed by atoms with van der Waals surface area (Å²) in [6, 6.07) is 32.9. The molecule has 4 aromatic rings. The van der Waals surface area contributed by atoms with Crippen molar-refractivity contribution in [3.05, 3.63) is 130 Å². The number of carbonyl (C=O) groups excluding carboxylic acids is 2. The number of carbonyl (C=O) groups is 2. The monoisotopic (exact) mass is 651 g/mol. The van der Waals surface area contributed by atoms with E-state index >= 15 is 0 Å². The van der Waals surface area contributed by atoms with E-state index in [9.17, 15) is 9.59 Å². The Morgan fingerprint density at radius 2 is 1.55 bits per heavy atom. The van der Waals surface area contributed by atoms with Crippen LogP contribution in [-0.4, -0.2) is 74.8 Å². The number of halogens is 1. The second kappa shape index (κ2) is 17.2. The minimum Gasteiger partial charge on any atom is -0.491 e. The normalized spacial score (nSPS) is 13.9. The molecule has 4 aromatic carbocycles. The third-order valence-corrected chi connectivity index (χ3v) is 8.08. The predicted octanol–water partition coefficient (Wildman–Crippen LogP) is 6.44. The summed E-state index contributed by atoms with van der Waals surface area (Å²) in [6.45, 7) is 5.10. The van der Waals surface area contributed by atoms with Crippen LogP contribution in [0.5, 0.6) is 11.5 Å². The van der Waals surface area contributed by atoms with Gasteiger partial charge in [-0.05, 0) is 53.6 Å². The van der Waals surface area contributed by atoms with Gasteiger partial charge in [0, 0.05) is 56.3 Å². The number of piperazine rings is 1. The van der Waals surface area contributed by atoms with Crippen molar-refractivity contribution in [2.24, 2.45) is 0 Å². The Kier molecular flexibility index (Phi) is 12.3. The highest BCUT2D eigenvalue weighted by Gasteiger charge is 2.26. The number of amides is 1. The molecule has 1 N–H and O–H groups in total. The van der Waals surface area contributed by atoms with Crippen LogP contribution in [0.25, 0.3) is 0 Å². The second-order valence-electron chi connectivity index (χ2n) is 11.0. The molecule has 1 heterocycles. The van der Waals surface area contributed by atoms with Crippen molar-refractivity contribution < 1.29 is 23.8 Å². The lowest BCUT2D eigenvalue weighted by Gasteiger charge is -2.39. The largest absolute Gasteiger partial charge is 0.491 e. The molecule has 0 radical (unpaired) electrons. The first-order valence-electron chi connectivity index (χ1n) is 15.6. The summed E-state index contributed by atoms with van der Waals surface area (Å²) in [7, 11) is 1.34. The Labute approximate surface area is 281 Å². The molecule has 1 atom stereocenters. The van der Waals surface area contributed by atoms with Crippen LogP contribution in [0.1, 0.15) is 39.5 Å². The van der Waals surface area contributed by atoms with Gasteiger partial charge in [0.2, 0.25) is 0 Å². The summed E-state index contributed by atoms with van der Waals surface area (Å²) in [5, 5.41) is 3.40. The van der Waals surface area contributed by atoms with Crippen LogP contribution >= 0.6 is 11.6 Å². The van der Waals surface area contributed by atoms with Crippen molar-refractivity contribution in [3.8, 4) is 23.3 Å². The summed E-state index contributed by atoms with van der Waals surface area (Å²) in [5.74, 6) is 6.49. The van der Waals surface area contributed by atoms with E-state index in [2.05, 4.69) is 63.4 Å². The zero-order valence-corrected chi connectivity index (χ0v) is 27.1. The van der Waals surface area contributed by atoms with Crippen molar-refractivity contribution in [3.63, 3.8) is 0 Å².